The van der Waals surface area contributed by atoms with Crippen LogP contribution in [0.1, 0.15) is 85.6 Å². The molecular formula is C24H37N3O4. The second-order valence-electron chi connectivity index (χ2n) is 8.97. The Morgan fingerprint density at radius 1 is 1.10 bits per heavy atom. The molecule has 0 bridgehead atoms. The van der Waals surface area contributed by atoms with Crippen LogP contribution in [0.3, 0.4) is 0 Å². The Balaban J connectivity index is 1.53. The van der Waals surface area contributed by atoms with Gasteiger partial charge in [-0.2, -0.15) is 0 Å². The number of hydrogen-bond acceptors (Lipinski definition) is 4. The molecule has 0 unspecified atom stereocenters. The standard InChI is InChI=1S/C24H37N3O4/c1-4-31-24(30)22-16(2)20(17(3)25-22)12-13-21(28)27-14-8-9-18(15-27)23(29)26-19-10-6-5-7-11-19/h18-19,25H,4-15H2,1-3H3,(H,26,29)/t18-/m1/s1. The van der Waals surface area contributed by atoms with Crippen LogP contribution in [-0.4, -0.2) is 53.4 Å². The van der Waals surface area contributed by atoms with Gasteiger partial charge in [0, 0.05) is 31.2 Å². The van der Waals surface area contributed by atoms with Crippen molar-refractivity contribution in [1.82, 2.24) is 15.2 Å². The first kappa shape index (κ1) is 23.4. The number of carbonyl (C=O) groups is 3. The van der Waals surface area contributed by atoms with Gasteiger partial charge in [-0.25, -0.2) is 4.79 Å². The molecule has 31 heavy (non-hydrogen) atoms. The average Bonchev–Trinajstić information content (AvgIpc) is 3.06. The van der Waals surface area contributed by atoms with Crippen LogP contribution in [0, 0.1) is 19.8 Å². The third-order valence-electron chi connectivity index (χ3n) is 6.76. The Morgan fingerprint density at radius 2 is 1.84 bits per heavy atom. The molecule has 2 aliphatic rings. The molecule has 1 saturated heterocycles. The van der Waals surface area contributed by atoms with E-state index in [1.807, 2.05) is 18.7 Å². The quantitative estimate of drug-likeness (QED) is 0.647. The van der Waals surface area contributed by atoms with Gasteiger partial charge < -0.3 is 19.9 Å². The second kappa shape index (κ2) is 10.8. The molecule has 1 saturated carbocycles. The van der Waals surface area contributed by atoms with Crippen molar-refractivity contribution in [2.45, 2.75) is 84.6 Å². The number of aromatic amines is 1. The maximum atomic E-state index is 12.9. The molecular weight excluding hydrogens is 394 g/mol. The number of aryl methyl sites for hydroxylation is 1. The van der Waals surface area contributed by atoms with Crippen LogP contribution in [0.2, 0.25) is 0 Å². The number of amides is 2. The van der Waals surface area contributed by atoms with Gasteiger partial charge in [0.05, 0.1) is 12.5 Å². The number of ether oxygens (including phenoxy) is 1. The summed E-state index contributed by atoms with van der Waals surface area (Å²) >= 11 is 0. The van der Waals surface area contributed by atoms with E-state index in [0.29, 0.717) is 44.3 Å². The van der Waals surface area contributed by atoms with Gasteiger partial charge in [-0.3, -0.25) is 9.59 Å². The predicted molar refractivity (Wildman–Crippen MR) is 119 cm³/mol. The summed E-state index contributed by atoms with van der Waals surface area (Å²) in [6, 6.07) is 0.306. The number of nitrogens with one attached hydrogen (secondary N) is 2. The van der Waals surface area contributed by atoms with Crippen LogP contribution < -0.4 is 5.32 Å². The number of nitrogens with zero attached hydrogens (tertiary/aromatic N) is 1. The molecule has 0 aromatic carbocycles. The summed E-state index contributed by atoms with van der Waals surface area (Å²) < 4.78 is 5.10. The van der Waals surface area contributed by atoms with Crippen LogP contribution in [0.15, 0.2) is 0 Å². The zero-order valence-electron chi connectivity index (χ0n) is 19.2. The van der Waals surface area contributed by atoms with E-state index in [4.69, 9.17) is 4.74 Å². The molecule has 0 radical (unpaired) electrons. The fourth-order valence-electron chi connectivity index (χ4n) is 4.94. The van der Waals surface area contributed by atoms with Crippen molar-refractivity contribution in [1.29, 1.82) is 0 Å². The lowest BCUT2D eigenvalue weighted by atomic mass is 9.92. The molecule has 1 aromatic heterocycles. The third kappa shape index (κ3) is 5.89. The van der Waals surface area contributed by atoms with E-state index in [0.717, 1.165) is 42.5 Å². The normalized spacial score (nSPS) is 19.8. The SMILES string of the molecule is CCOC(=O)c1[nH]c(C)c(CCC(=O)N2CCC[C@@H](C(=O)NC3CCCCC3)C2)c1C. The highest BCUT2D eigenvalue weighted by Crippen LogP contribution is 2.23. The van der Waals surface area contributed by atoms with Gasteiger partial charge in [-0.1, -0.05) is 19.3 Å². The molecule has 1 aliphatic heterocycles. The van der Waals surface area contributed by atoms with Gasteiger partial charge in [-0.15, -0.1) is 0 Å². The number of likely N-dealkylation sites (tertiary alicyclic amines) is 1. The zero-order chi connectivity index (χ0) is 22.4. The van der Waals surface area contributed by atoms with Crippen molar-refractivity contribution in [2.24, 2.45) is 5.92 Å². The van der Waals surface area contributed by atoms with Crippen molar-refractivity contribution in [2.75, 3.05) is 19.7 Å². The smallest absolute Gasteiger partial charge is 0.355 e. The minimum Gasteiger partial charge on any atom is -0.461 e. The van der Waals surface area contributed by atoms with Gasteiger partial charge in [0.15, 0.2) is 0 Å². The molecule has 7 nitrogen and oxygen atoms in total. The number of rotatable bonds is 7. The lowest BCUT2D eigenvalue weighted by Crippen LogP contribution is -2.48. The maximum absolute atomic E-state index is 12.9. The summed E-state index contributed by atoms with van der Waals surface area (Å²) in [7, 11) is 0. The van der Waals surface area contributed by atoms with Crippen molar-refractivity contribution in [3.05, 3.63) is 22.5 Å². The van der Waals surface area contributed by atoms with E-state index >= 15 is 0 Å². The average molecular weight is 432 g/mol. The first-order valence-corrected chi connectivity index (χ1v) is 11.8. The highest BCUT2D eigenvalue weighted by Gasteiger charge is 2.30. The van der Waals surface area contributed by atoms with E-state index in [9.17, 15) is 14.4 Å². The van der Waals surface area contributed by atoms with Gasteiger partial charge in [0.1, 0.15) is 5.69 Å². The number of esters is 1. The molecule has 1 aliphatic carbocycles. The van der Waals surface area contributed by atoms with E-state index in [2.05, 4.69) is 10.3 Å². The van der Waals surface area contributed by atoms with Crippen LogP contribution >= 0.6 is 0 Å². The fourth-order valence-corrected chi connectivity index (χ4v) is 4.94. The molecule has 2 fully saturated rings. The van der Waals surface area contributed by atoms with Crippen LogP contribution in [0.25, 0.3) is 0 Å². The molecule has 2 heterocycles. The number of carbonyl (C=O) groups excluding carboxylic acids is 3. The van der Waals surface area contributed by atoms with Crippen molar-refractivity contribution in [3.63, 3.8) is 0 Å². The molecule has 1 aromatic rings. The Hall–Kier alpha value is -2.31. The monoisotopic (exact) mass is 431 g/mol. The van der Waals surface area contributed by atoms with E-state index in [1.165, 1.54) is 19.3 Å². The molecule has 172 valence electrons. The molecule has 0 spiro atoms. The molecule has 2 N–H and O–H groups in total. The van der Waals surface area contributed by atoms with E-state index in [-0.39, 0.29) is 23.7 Å². The largest absolute Gasteiger partial charge is 0.461 e. The second-order valence-corrected chi connectivity index (χ2v) is 8.97. The minimum atomic E-state index is -0.358. The van der Waals surface area contributed by atoms with Crippen molar-refractivity contribution < 1.29 is 19.1 Å². The summed E-state index contributed by atoms with van der Waals surface area (Å²) in [6.07, 6.45) is 8.45. The van der Waals surface area contributed by atoms with Gasteiger partial charge >= 0.3 is 5.97 Å². The maximum Gasteiger partial charge on any atom is 0.355 e. The fraction of sp³-hybridized carbons (Fsp3) is 0.708. The highest BCUT2D eigenvalue weighted by atomic mass is 16.5. The molecule has 7 heteroatoms. The number of hydrogen-bond donors (Lipinski definition) is 2. The van der Waals surface area contributed by atoms with E-state index in [1.54, 1.807) is 6.92 Å². The summed E-state index contributed by atoms with van der Waals surface area (Å²) in [5, 5.41) is 3.22. The molecule has 2 amide bonds. The van der Waals surface area contributed by atoms with Crippen LogP contribution in [-0.2, 0) is 20.7 Å². The van der Waals surface area contributed by atoms with Crippen LogP contribution in [0.5, 0.6) is 0 Å². The minimum absolute atomic E-state index is 0.0767. The lowest BCUT2D eigenvalue weighted by Gasteiger charge is -2.33. The van der Waals surface area contributed by atoms with E-state index < -0.39 is 0 Å². The Labute approximate surface area is 185 Å². The first-order valence-electron chi connectivity index (χ1n) is 11.8. The number of piperidine rings is 1. The van der Waals surface area contributed by atoms with Gasteiger partial charge in [-0.05, 0) is 64.0 Å². The topological polar surface area (TPSA) is 91.5 Å². The summed E-state index contributed by atoms with van der Waals surface area (Å²) in [6.45, 7) is 7.14. The van der Waals surface area contributed by atoms with Crippen LogP contribution in [0.4, 0.5) is 0 Å². The van der Waals surface area contributed by atoms with Crippen molar-refractivity contribution in [3.8, 4) is 0 Å². The van der Waals surface area contributed by atoms with Crippen molar-refractivity contribution >= 4 is 17.8 Å². The Morgan fingerprint density at radius 3 is 2.55 bits per heavy atom. The highest BCUT2D eigenvalue weighted by molar-refractivity contribution is 5.90. The predicted octanol–water partition coefficient (Wildman–Crippen LogP) is 3.43. The number of H-pyrrole nitrogens is 1. The Kier molecular flexibility index (Phi) is 8.15. The zero-order valence-corrected chi connectivity index (χ0v) is 19.2. The van der Waals surface area contributed by atoms with Gasteiger partial charge in [0.25, 0.3) is 0 Å². The lowest BCUT2D eigenvalue weighted by molar-refractivity contribution is -0.136. The first-order chi connectivity index (χ1) is 14.9. The molecule has 1 atom stereocenters. The summed E-state index contributed by atoms with van der Waals surface area (Å²) in [4.78, 5) is 42.7. The third-order valence-corrected chi connectivity index (χ3v) is 6.76. The number of aromatic nitrogens is 1. The van der Waals surface area contributed by atoms with Gasteiger partial charge in [0.2, 0.25) is 11.8 Å². The molecule has 3 rings (SSSR count). The summed E-state index contributed by atoms with van der Waals surface area (Å²) in [5.41, 5.74) is 3.23. The Bertz CT molecular complexity index is 795. The summed E-state index contributed by atoms with van der Waals surface area (Å²) in [5.74, 6) is -0.275.